The van der Waals surface area contributed by atoms with Gasteiger partial charge in [-0.05, 0) is 38.1 Å². The fourth-order valence-electron chi connectivity index (χ4n) is 3.69. The predicted molar refractivity (Wildman–Crippen MR) is 73.5 cm³/mol. The Labute approximate surface area is 112 Å². The maximum Gasteiger partial charge on any atom is 0.0555 e. The van der Waals surface area contributed by atoms with Crippen molar-refractivity contribution in [2.75, 3.05) is 26.8 Å². The molecule has 1 aliphatic carbocycles. The van der Waals surface area contributed by atoms with E-state index in [0.717, 1.165) is 38.5 Å². The van der Waals surface area contributed by atoms with Crippen molar-refractivity contribution in [1.29, 1.82) is 0 Å². The van der Waals surface area contributed by atoms with Gasteiger partial charge in [-0.15, -0.1) is 0 Å². The Morgan fingerprint density at radius 1 is 1.33 bits per heavy atom. The SMILES string of the molecule is CC(C)C1CCC(O)CC1N(C)CC1(C)COC1. The lowest BCUT2D eigenvalue weighted by Crippen LogP contribution is -2.53. The summed E-state index contributed by atoms with van der Waals surface area (Å²) in [5.41, 5.74) is 0.332. The average Bonchev–Trinajstić information content (AvgIpc) is 2.26. The molecule has 2 fully saturated rings. The highest BCUT2D eigenvalue weighted by Gasteiger charge is 2.39. The van der Waals surface area contributed by atoms with Crippen LogP contribution in [0.4, 0.5) is 0 Å². The van der Waals surface area contributed by atoms with Crippen molar-refractivity contribution in [2.45, 2.75) is 52.2 Å². The van der Waals surface area contributed by atoms with Crippen LogP contribution in [0, 0.1) is 17.3 Å². The molecule has 0 amide bonds. The number of hydrogen-bond acceptors (Lipinski definition) is 3. The fourth-order valence-corrected chi connectivity index (χ4v) is 3.69. The van der Waals surface area contributed by atoms with Crippen LogP contribution in [0.3, 0.4) is 0 Å². The number of ether oxygens (including phenoxy) is 1. The molecule has 18 heavy (non-hydrogen) atoms. The highest BCUT2D eigenvalue weighted by molar-refractivity contribution is 4.91. The monoisotopic (exact) mass is 255 g/mol. The van der Waals surface area contributed by atoms with Gasteiger partial charge >= 0.3 is 0 Å². The Morgan fingerprint density at radius 2 is 2.00 bits per heavy atom. The zero-order chi connectivity index (χ0) is 13.3. The van der Waals surface area contributed by atoms with Gasteiger partial charge < -0.3 is 14.7 Å². The van der Waals surface area contributed by atoms with Crippen LogP contribution in [0.1, 0.15) is 40.0 Å². The van der Waals surface area contributed by atoms with E-state index >= 15 is 0 Å². The van der Waals surface area contributed by atoms with E-state index in [0.29, 0.717) is 17.4 Å². The molecular formula is C15H29NO2. The van der Waals surface area contributed by atoms with Crippen LogP contribution in [-0.2, 0) is 4.74 Å². The number of hydrogen-bond donors (Lipinski definition) is 1. The van der Waals surface area contributed by atoms with Gasteiger partial charge in [-0.3, -0.25) is 0 Å². The van der Waals surface area contributed by atoms with E-state index in [9.17, 15) is 5.11 Å². The highest BCUT2D eigenvalue weighted by Crippen LogP contribution is 2.36. The van der Waals surface area contributed by atoms with E-state index in [-0.39, 0.29) is 6.10 Å². The van der Waals surface area contributed by atoms with Gasteiger partial charge in [0.1, 0.15) is 0 Å². The summed E-state index contributed by atoms with van der Waals surface area (Å²) in [6.45, 7) is 9.80. The van der Waals surface area contributed by atoms with Gasteiger partial charge in [0.05, 0.1) is 19.3 Å². The Hall–Kier alpha value is -0.120. The highest BCUT2D eigenvalue weighted by atomic mass is 16.5. The number of nitrogens with zero attached hydrogens (tertiary/aromatic N) is 1. The first-order valence-corrected chi connectivity index (χ1v) is 7.37. The minimum absolute atomic E-state index is 0.0992. The fraction of sp³-hybridized carbons (Fsp3) is 1.00. The second-order valence-corrected chi connectivity index (χ2v) is 7.16. The van der Waals surface area contributed by atoms with Crippen molar-refractivity contribution in [3.05, 3.63) is 0 Å². The molecule has 3 atom stereocenters. The second-order valence-electron chi connectivity index (χ2n) is 7.16. The van der Waals surface area contributed by atoms with Gasteiger partial charge in [0.25, 0.3) is 0 Å². The first-order valence-electron chi connectivity index (χ1n) is 7.37. The number of aliphatic hydroxyl groups excluding tert-OH is 1. The zero-order valence-corrected chi connectivity index (χ0v) is 12.4. The minimum Gasteiger partial charge on any atom is -0.393 e. The van der Waals surface area contributed by atoms with Crippen LogP contribution in [-0.4, -0.2) is 49.0 Å². The standard InChI is InChI=1S/C15H29NO2/c1-11(2)13-6-5-12(17)7-14(13)16(4)8-15(3)9-18-10-15/h11-14,17H,5-10H2,1-4H3. The van der Waals surface area contributed by atoms with E-state index in [4.69, 9.17) is 4.74 Å². The lowest BCUT2D eigenvalue weighted by atomic mass is 9.75. The number of aliphatic hydroxyl groups is 1. The van der Waals surface area contributed by atoms with Gasteiger partial charge in [-0.1, -0.05) is 20.8 Å². The summed E-state index contributed by atoms with van der Waals surface area (Å²) in [7, 11) is 2.22. The van der Waals surface area contributed by atoms with E-state index in [2.05, 4.69) is 32.7 Å². The van der Waals surface area contributed by atoms with Gasteiger partial charge in [0.2, 0.25) is 0 Å². The summed E-state index contributed by atoms with van der Waals surface area (Å²) in [5, 5.41) is 9.95. The predicted octanol–water partition coefficient (Wildman–Crippen LogP) is 2.14. The summed E-state index contributed by atoms with van der Waals surface area (Å²) in [6.07, 6.45) is 2.99. The molecule has 0 aromatic carbocycles. The van der Waals surface area contributed by atoms with Crippen LogP contribution in [0.25, 0.3) is 0 Å². The Balaban J connectivity index is 1.97. The second kappa shape index (κ2) is 5.48. The van der Waals surface area contributed by atoms with Gasteiger partial charge in [0.15, 0.2) is 0 Å². The van der Waals surface area contributed by atoms with Gasteiger partial charge in [0, 0.05) is 18.0 Å². The van der Waals surface area contributed by atoms with E-state index < -0.39 is 0 Å². The molecule has 1 saturated heterocycles. The topological polar surface area (TPSA) is 32.7 Å². The van der Waals surface area contributed by atoms with Crippen molar-refractivity contribution in [3.63, 3.8) is 0 Å². The van der Waals surface area contributed by atoms with Crippen molar-refractivity contribution in [1.82, 2.24) is 4.90 Å². The van der Waals surface area contributed by atoms with Crippen LogP contribution in [0.5, 0.6) is 0 Å². The molecule has 2 rings (SSSR count). The Kier molecular flexibility index (Phi) is 4.35. The molecule has 2 aliphatic rings. The molecule has 3 unspecified atom stereocenters. The van der Waals surface area contributed by atoms with Gasteiger partial charge in [-0.25, -0.2) is 0 Å². The number of rotatable bonds is 4. The molecule has 1 saturated carbocycles. The molecule has 3 nitrogen and oxygen atoms in total. The lowest BCUT2D eigenvalue weighted by Gasteiger charge is -2.47. The molecule has 1 aliphatic heterocycles. The molecule has 1 heterocycles. The van der Waals surface area contributed by atoms with Gasteiger partial charge in [-0.2, -0.15) is 0 Å². The first kappa shape index (κ1) is 14.3. The normalized spacial score (nSPS) is 35.8. The molecule has 1 N–H and O–H groups in total. The Morgan fingerprint density at radius 3 is 2.50 bits per heavy atom. The average molecular weight is 255 g/mol. The summed E-state index contributed by atoms with van der Waals surface area (Å²) >= 11 is 0. The molecule has 0 aromatic rings. The third kappa shape index (κ3) is 3.06. The summed E-state index contributed by atoms with van der Waals surface area (Å²) in [5.74, 6) is 1.43. The molecule has 106 valence electrons. The molecule has 0 radical (unpaired) electrons. The lowest BCUT2D eigenvalue weighted by molar-refractivity contribution is -0.122. The molecule has 0 spiro atoms. The molecule has 3 heteroatoms. The van der Waals surface area contributed by atoms with E-state index in [1.165, 1.54) is 6.42 Å². The third-order valence-electron chi connectivity index (χ3n) is 4.80. The van der Waals surface area contributed by atoms with Crippen molar-refractivity contribution in [2.24, 2.45) is 17.3 Å². The van der Waals surface area contributed by atoms with Crippen LogP contribution >= 0.6 is 0 Å². The maximum atomic E-state index is 9.95. The van der Waals surface area contributed by atoms with Crippen LogP contribution < -0.4 is 0 Å². The summed E-state index contributed by atoms with van der Waals surface area (Å²) < 4.78 is 5.35. The Bertz CT molecular complexity index is 276. The van der Waals surface area contributed by atoms with E-state index in [1.807, 2.05) is 0 Å². The quantitative estimate of drug-likeness (QED) is 0.835. The third-order valence-corrected chi connectivity index (χ3v) is 4.80. The molecular weight excluding hydrogens is 226 g/mol. The van der Waals surface area contributed by atoms with Crippen LogP contribution in [0.2, 0.25) is 0 Å². The van der Waals surface area contributed by atoms with Crippen molar-refractivity contribution in [3.8, 4) is 0 Å². The largest absolute Gasteiger partial charge is 0.393 e. The zero-order valence-electron chi connectivity index (χ0n) is 12.4. The maximum absolute atomic E-state index is 9.95. The van der Waals surface area contributed by atoms with E-state index in [1.54, 1.807) is 0 Å². The smallest absolute Gasteiger partial charge is 0.0555 e. The van der Waals surface area contributed by atoms with Crippen molar-refractivity contribution >= 4 is 0 Å². The summed E-state index contributed by atoms with van der Waals surface area (Å²) in [4.78, 5) is 2.48. The summed E-state index contributed by atoms with van der Waals surface area (Å²) in [6, 6.07) is 0.533. The van der Waals surface area contributed by atoms with Crippen LogP contribution in [0.15, 0.2) is 0 Å². The minimum atomic E-state index is -0.0992. The first-order chi connectivity index (χ1) is 8.41. The molecule has 0 bridgehead atoms. The van der Waals surface area contributed by atoms with Crippen molar-refractivity contribution < 1.29 is 9.84 Å². The molecule has 0 aromatic heterocycles.